The van der Waals surface area contributed by atoms with Gasteiger partial charge in [0.1, 0.15) is 5.65 Å². The van der Waals surface area contributed by atoms with Crippen molar-refractivity contribution in [3.05, 3.63) is 47.0 Å². The van der Waals surface area contributed by atoms with E-state index in [1.54, 1.807) is 24.5 Å². The highest BCUT2D eigenvalue weighted by Crippen LogP contribution is 2.39. The second kappa shape index (κ2) is 9.54. The highest BCUT2D eigenvalue weighted by atomic mass is 79.9. The van der Waals surface area contributed by atoms with Gasteiger partial charge >= 0.3 is 0 Å². The Bertz CT molecular complexity index is 1050. The van der Waals surface area contributed by atoms with Gasteiger partial charge in [-0.2, -0.15) is 0 Å². The van der Waals surface area contributed by atoms with Gasteiger partial charge in [-0.3, -0.25) is 9.78 Å². The maximum absolute atomic E-state index is 12.7. The molecule has 3 N–H and O–H groups in total. The Labute approximate surface area is 195 Å². The summed E-state index contributed by atoms with van der Waals surface area (Å²) < 4.78 is 0.939. The first-order valence-electron chi connectivity index (χ1n) is 10.5. The van der Waals surface area contributed by atoms with Crippen LogP contribution < -0.4 is 15.5 Å². The molecule has 0 radical (unpaired) electrons. The Morgan fingerprint density at radius 1 is 1.29 bits per heavy atom. The van der Waals surface area contributed by atoms with Gasteiger partial charge in [-0.05, 0) is 66.2 Å². The number of anilines is 2. The molecule has 3 aromatic heterocycles. The predicted molar refractivity (Wildman–Crippen MR) is 129 cm³/mol. The number of aromatic nitrogens is 3. The number of amides is 1. The standard InChI is InChI=1S/C22H25BrN6O.ClH/c23-17-11-26-21-19(18(12-27-21)28-22(30)15-3-1-7-24-10-15)20(17)29-8-2-4-16(13-29)25-9-14-5-6-14;/h1,3,7,10-12,14,16,25H,2,4-6,8-9,13H2,(H,26,27)(H,28,30);1H. The molecule has 1 amide bonds. The van der Waals surface area contributed by atoms with E-state index in [4.69, 9.17) is 0 Å². The van der Waals surface area contributed by atoms with E-state index in [9.17, 15) is 4.79 Å². The second-order valence-electron chi connectivity index (χ2n) is 8.21. The molecule has 164 valence electrons. The molecule has 0 spiro atoms. The summed E-state index contributed by atoms with van der Waals surface area (Å²) in [5, 5.41) is 7.72. The number of carbonyl (C=O) groups is 1. The first-order valence-corrected chi connectivity index (χ1v) is 11.3. The van der Waals surface area contributed by atoms with Gasteiger partial charge in [0.25, 0.3) is 5.91 Å². The largest absolute Gasteiger partial charge is 0.368 e. The molecule has 1 aliphatic heterocycles. The molecule has 2 fully saturated rings. The molecule has 31 heavy (non-hydrogen) atoms. The molecule has 4 heterocycles. The van der Waals surface area contributed by atoms with Crippen molar-refractivity contribution in [2.24, 2.45) is 5.92 Å². The number of nitrogens with one attached hydrogen (secondary N) is 3. The Morgan fingerprint density at radius 2 is 2.16 bits per heavy atom. The van der Waals surface area contributed by atoms with Crippen LogP contribution in [0.1, 0.15) is 36.0 Å². The second-order valence-corrected chi connectivity index (χ2v) is 9.07. The van der Waals surface area contributed by atoms with E-state index >= 15 is 0 Å². The maximum atomic E-state index is 12.7. The molecule has 1 aliphatic carbocycles. The maximum Gasteiger partial charge on any atom is 0.257 e. The van der Waals surface area contributed by atoms with E-state index in [0.29, 0.717) is 11.6 Å². The van der Waals surface area contributed by atoms with Crippen molar-refractivity contribution in [2.75, 3.05) is 29.9 Å². The van der Waals surface area contributed by atoms with E-state index in [-0.39, 0.29) is 18.3 Å². The van der Waals surface area contributed by atoms with Gasteiger partial charge in [-0.25, -0.2) is 4.98 Å². The van der Waals surface area contributed by atoms with Crippen LogP contribution in [0.25, 0.3) is 11.0 Å². The minimum absolute atomic E-state index is 0. The van der Waals surface area contributed by atoms with Crippen molar-refractivity contribution in [1.29, 1.82) is 0 Å². The number of rotatable bonds is 6. The third kappa shape index (κ3) is 4.86. The van der Waals surface area contributed by atoms with Crippen molar-refractivity contribution < 1.29 is 4.79 Å². The smallest absolute Gasteiger partial charge is 0.257 e. The molecule has 0 aromatic carbocycles. The molecule has 1 unspecified atom stereocenters. The van der Waals surface area contributed by atoms with E-state index < -0.39 is 0 Å². The summed E-state index contributed by atoms with van der Waals surface area (Å²) in [6, 6.07) is 4.00. The molecule has 9 heteroatoms. The fourth-order valence-electron chi connectivity index (χ4n) is 4.16. The van der Waals surface area contributed by atoms with Crippen molar-refractivity contribution in [3.63, 3.8) is 0 Å². The molecule has 1 atom stereocenters. The van der Waals surface area contributed by atoms with E-state index in [0.717, 1.165) is 58.9 Å². The first-order chi connectivity index (χ1) is 14.7. The number of nitrogens with zero attached hydrogens (tertiary/aromatic N) is 3. The average Bonchev–Trinajstić information content (AvgIpc) is 3.53. The quantitative estimate of drug-likeness (QED) is 0.463. The zero-order valence-corrected chi connectivity index (χ0v) is 19.5. The van der Waals surface area contributed by atoms with Crippen LogP contribution in [0.4, 0.5) is 11.4 Å². The molecule has 2 aliphatic rings. The molecule has 3 aromatic rings. The molecule has 7 nitrogen and oxygen atoms in total. The van der Waals surface area contributed by atoms with Gasteiger partial charge in [0, 0.05) is 43.9 Å². The summed E-state index contributed by atoms with van der Waals surface area (Å²) in [4.78, 5) is 26.9. The van der Waals surface area contributed by atoms with Gasteiger partial charge in [0.2, 0.25) is 0 Å². The third-order valence-corrected chi connectivity index (χ3v) is 6.51. The monoisotopic (exact) mass is 504 g/mol. The van der Waals surface area contributed by atoms with E-state index in [1.807, 2.05) is 12.4 Å². The predicted octanol–water partition coefficient (Wildman–Crippen LogP) is 4.36. The summed E-state index contributed by atoms with van der Waals surface area (Å²) in [6.07, 6.45) is 11.9. The number of hydrogen-bond acceptors (Lipinski definition) is 5. The fraction of sp³-hybridized carbons (Fsp3) is 0.409. The van der Waals surface area contributed by atoms with Crippen LogP contribution in [0, 0.1) is 5.92 Å². The van der Waals surface area contributed by atoms with Crippen LogP contribution >= 0.6 is 28.3 Å². The first kappa shape index (κ1) is 22.0. The Morgan fingerprint density at radius 3 is 2.94 bits per heavy atom. The van der Waals surface area contributed by atoms with Gasteiger partial charge in [0.05, 0.1) is 26.8 Å². The zero-order valence-electron chi connectivity index (χ0n) is 17.1. The fourth-order valence-corrected chi connectivity index (χ4v) is 4.71. The average molecular weight is 506 g/mol. The zero-order chi connectivity index (χ0) is 20.5. The molecule has 5 rings (SSSR count). The molecular formula is C22H26BrClN6O. The van der Waals surface area contributed by atoms with Crippen molar-refractivity contribution in [2.45, 2.75) is 31.7 Å². The number of carbonyl (C=O) groups excluding carboxylic acids is 1. The highest BCUT2D eigenvalue weighted by Gasteiger charge is 2.27. The summed E-state index contributed by atoms with van der Waals surface area (Å²) in [5.74, 6) is 0.691. The molecular weight excluding hydrogens is 480 g/mol. The number of hydrogen-bond donors (Lipinski definition) is 3. The SMILES string of the molecule is Cl.O=C(Nc1c[nH]c2ncc(Br)c(N3CCCC(NCC4CC4)C3)c12)c1cccnc1. The Balaban J connectivity index is 0.00000231. The van der Waals surface area contributed by atoms with Crippen LogP contribution in [-0.2, 0) is 0 Å². The van der Waals surface area contributed by atoms with E-state index in [1.165, 1.54) is 19.3 Å². The minimum Gasteiger partial charge on any atom is -0.368 e. The number of fused-ring (bicyclic) bond motifs is 1. The van der Waals surface area contributed by atoms with Crippen LogP contribution in [0.15, 0.2) is 41.4 Å². The lowest BCUT2D eigenvalue weighted by Crippen LogP contribution is -2.46. The van der Waals surface area contributed by atoms with Crippen molar-refractivity contribution in [1.82, 2.24) is 20.3 Å². The Kier molecular flexibility index (Phi) is 6.79. The molecule has 1 saturated carbocycles. The number of pyridine rings is 2. The van der Waals surface area contributed by atoms with Gasteiger partial charge in [0.15, 0.2) is 0 Å². The summed E-state index contributed by atoms with van der Waals surface area (Å²) in [5.41, 5.74) is 3.11. The van der Waals surface area contributed by atoms with Gasteiger partial charge in [-0.15, -0.1) is 12.4 Å². The highest BCUT2D eigenvalue weighted by molar-refractivity contribution is 9.10. The van der Waals surface area contributed by atoms with Crippen LogP contribution in [0.3, 0.4) is 0 Å². The van der Waals surface area contributed by atoms with Gasteiger partial charge < -0.3 is 20.5 Å². The number of H-pyrrole nitrogens is 1. The molecule has 0 bridgehead atoms. The topological polar surface area (TPSA) is 85.9 Å². The lowest BCUT2D eigenvalue weighted by Gasteiger charge is -2.36. The molecule has 1 saturated heterocycles. The lowest BCUT2D eigenvalue weighted by atomic mass is 10.0. The van der Waals surface area contributed by atoms with Crippen LogP contribution in [-0.4, -0.2) is 46.5 Å². The number of aromatic amines is 1. The van der Waals surface area contributed by atoms with Crippen LogP contribution in [0.2, 0.25) is 0 Å². The Hall–Kier alpha value is -2.16. The number of halogens is 2. The van der Waals surface area contributed by atoms with Crippen LogP contribution in [0.5, 0.6) is 0 Å². The minimum atomic E-state index is -0.183. The van der Waals surface area contributed by atoms with Crippen molar-refractivity contribution in [3.8, 4) is 0 Å². The summed E-state index contributed by atoms with van der Waals surface area (Å²) in [6.45, 7) is 3.06. The van der Waals surface area contributed by atoms with Crippen molar-refractivity contribution >= 4 is 56.7 Å². The normalized spacial score (nSPS) is 18.6. The summed E-state index contributed by atoms with van der Waals surface area (Å²) >= 11 is 3.71. The lowest BCUT2D eigenvalue weighted by molar-refractivity contribution is 0.102. The van der Waals surface area contributed by atoms with Gasteiger partial charge in [-0.1, -0.05) is 0 Å². The van der Waals surface area contributed by atoms with E-state index in [2.05, 4.69) is 46.4 Å². The third-order valence-electron chi connectivity index (χ3n) is 5.93. The summed E-state index contributed by atoms with van der Waals surface area (Å²) in [7, 11) is 0. The number of piperidine rings is 1.